The second-order valence-electron chi connectivity index (χ2n) is 4.68. The van der Waals surface area contributed by atoms with Crippen molar-refractivity contribution >= 4 is 0 Å². The van der Waals surface area contributed by atoms with Gasteiger partial charge in [-0.25, -0.2) is 8.78 Å². The molecule has 100 valence electrons. The lowest BCUT2D eigenvalue weighted by atomic mass is 9.93. The Balaban J connectivity index is 2.10. The van der Waals surface area contributed by atoms with Gasteiger partial charge in [-0.1, -0.05) is 6.07 Å². The van der Waals surface area contributed by atoms with E-state index in [-0.39, 0.29) is 0 Å². The van der Waals surface area contributed by atoms with E-state index in [4.69, 9.17) is 4.74 Å². The third-order valence-corrected chi connectivity index (χ3v) is 3.40. The van der Waals surface area contributed by atoms with Crippen LogP contribution in [0.25, 0.3) is 0 Å². The minimum Gasteiger partial charge on any atom is -0.384 e. The van der Waals surface area contributed by atoms with Gasteiger partial charge in [0.1, 0.15) is 5.60 Å². The summed E-state index contributed by atoms with van der Waals surface area (Å²) >= 11 is 0. The minimum atomic E-state index is -1.09. The van der Waals surface area contributed by atoms with Gasteiger partial charge in [0.15, 0.2) is 11.6 Å². The molecule has 0 saturated carbocycles. The summed E-state index contributed by atoms with van der Waals surface area (Å²) in [6.45, 7) is 2.45. The molecule has 18 heavy (non-hydrogen) atoms. The van der Waals surface area contributed by atoms with Crippen LogP contribution in [0.4, 0.5) is 8.78 Å². The molecule has 0 aliphatic carbocycles. The van der Waals surface area contributed by atoms with E-state index in [1.54, 1.807) is 7.11 Å². The van der Waals surface area contributed by atoms with Crippen LogP contribution in [0, 0.1) is 11.6 Å². The van der Waals surface area contributed by atoms with Crippen LogP contribution in [-0.2, 0) is 10.3 Å². The summed E-state index contributed by atoms with van der Waals surface area (Å²) in [5, 5.41) is 10.5. The Hall–Kier alpha value is -1.04. The minimum absolute atomic E-state index is 0.418. The van der Waals surface area contributed by atoms with Crippen LogP contribution in [0.1, 0.15) is 12.0 Å². The van der Waals surface area contributed by atoms with Crippen LogP contribution in [0.3, 0.4) is 0 Å². The van der Waals surface area contributed by atoms with Crippen molar-refractivity contribution in [1.82, 2.24) is 4.90 Å². The van der Waals surface area contributed by atoms with Gasteiger partial charge in [0.05, 0.1) is 6.61 Å². The van der Waals surface area contributed by atoms with Gasteiger partial charge >= 0.3 is 0 Å². The molecule has 0 amide bonds. The largest absolute Gasteiger partial charge is 0.384 e. The smallest absolute Gasteiger partial charge is 0.159 e. The van der Waals surface area contributed by atoms with Gasteiger partial charge in [-0.2, -0.15) is 0 Å². The molecular formula is C13H17F2NO2. The summed E-state index contributed by atoms with van der Waals surface area (Å²) in [5.74, 6) is -1.81. The SMILES string of the molecule is COCCN1CCC(O)(c2ccc(F)c(F)c2)C1. The van der Waals surface area contributed by atoms with Crippen molar-refractivity contribution < 1.29 is 18.6 Å². The lowest BCUT2D eigenvalue weighted by molar-refractivity contribution is 0.0424. The van der Waals surface area contributed by atoms with E-state index in [0.29, 0.717) is 25.1 Å². The first-order valence-corrected chi connectivity index (χ1v) is 5.94. The Labute approximate surface area is 105 Å². The van der Waals surface area contributed by atoms with Crippen LogP contribution < -0.4 is 0 Å². The number of rotatable bonds is 4. The van der Waals surface area contributed by atoms with E-state index in [0.717, 1.165) is 25.2 Å². The van der Waals surface area contributed by atoms with Crippen LogP contribution >= 0.6 is 0 Å². The zero-order chi connectivity index (χ0) is 13.2. The van der Waals surface area contributed by atoms with E-state index in [1.807, 2.05) is 4.90 Å². The second kappa shape index (κ2) is 5.30. The number of β-amino-alcohol motifs (C(OH)–C–C–N with tert-alkyl or cyclic N) is 1. The molecule has 1 aromatic rings. The molecule has 1 atom stereocenters. The third-order valence-electron chi connectivity index (χ3n) is 3.40. The summed E-state index contributed by atoms with van der Waals surface area (Å²) in [4.78, 5) is 2.05. The van der Waals surface area contributed by atoms with Crippen molar-refractivity contribution in [2.24, 2.45) is 0 Å². The highest BCUT2D eigenvalue weighted by atomic mass is 19.2. The van der Waals surface area contributed by atoms with Gasteiger partial charge < -0.3 is 9.84 Å². The van der Waals surface area contributed by atoms with Gasteiger partial charge in [-0.3, -0.25) is 4.90 Å². The van der Waals surface area contributed by atoms with Crippen LogP contribution in [0.15, 0.2) is 18.2 Å². The molecule has 0 aromatic heterocycles. The van der Waals surface area contributed by atoms with Gasteiger partial charge in [0.2, 0.25) is 0 Å². The lowest BCUT2D eigenvalue weighted by Crippen LogP contribution is -2.32. The number of halogens is 2. The van der Waals surface area contributed by atoms with Crippen LogP contribution in [0.5, 0.6) is 0 Å². The first-order chi connectivity index (χ1) is 8.55. The molecule has 1 fully saturated rings. The Morgan fingerprint density at radius 1 is 1.39 bits per heavy atom. The number of hydrogen-bond acceptors (Lipinski definition) is 3. The highest BCUT2D eigenvalue weighted by Crippen LogP contribution is 2.32. The number of methoxy groups -OCH3 is 1. The monoisotopic (exact) mass is 257 g/mol. The Bertz CT molecular complexity index is 427. The summed E-state index contributed by atoms with van der Waals surface area (Å²) in [7, 11) is 1.62. The van der Waals surface area contributed by atoms with Gasteiger partial charge in [0, 0.05) is 26.7 Å². The Kier molecular flexibility index (Phi) is 3.94. The van der Waals surface area contributed by atoms with Crippen molar-refractivity contribution in [3.05, 3.63) is 35.4 Å². The lowest BCUT2D eigenvalue weighted by Gasteiger charge is -2.24. The number of hydrogen-bond donors (Lipinski definition) is 1. The zero-order valence-electron chi connectivity index (χ0n) is 10.3. The molecule has 2 rings (SSSR count). The van der Waals surface area contributed by atoms with E-state index in [2.05, 4.69) is 0 Å². The standard InChI is InChI=1S/C13H17F2NO2/c1-18-7-6-16-5-4-13(17,9-16)10-2-3-11(14)12(15)8-10/h2-3,8,17H,4-7,9H2,1H3. The summed E-state index contributed by atoms with van der Waals surface area (Å²) in [6.07, 6.45) is 0.516. The second-order valence-corrected chi connectivity index (χ2v) is 4.68. The molecule has 1 aliphatic heterocycles. The first kappa shape index (κ1) is 13.4. The normalized spacial score (nSPS) is 24.7. The number of ether oxygens (including phenoxy) is 1. The molecule has 3 nitrogen and oxygen atoms in total. The maximum absolute atomic E-state index is 13.2. The predicted octanol–water partition coefficient (Wildman–Crippen LogP) is 1.50. The molecule has 1 aromatic carbocycles. The summed E-state index contributed by atoms with van der Waals surface area (Å²) in [6, 6.07) is 3.58. The average molecular weight is 257 g/mol. The molecule has 1 N–H and O–H groups in total. The molecule has 1 unspecified atom stereocenters. The van der Waals surface area contributed by atoms with Crippen molar-refractivity contribution in [2.75, 3.05) is 33.4 Å². The fraction of sp³-hybridized carbons (Fsp3) is 0.538. The molecule has 1 heterocycles. The quantitative estimate of drug-likeness (QED) is 0.887. The molecule has 0 radical (unpaired) electrons. The van der Waals surface area contributed by atoms with Crippen LogP contribution in [0.2, 0.25) is 0 Å². The third kappa shape index (κ3) is 2.68. The fourth-order valence-corrected chi connectivity index (χ4v) is 2.30. The van der Waals surface area contributed by atoms with Gasteiger partial charge in [-0.05, 0) is 24.1 Å². The van der Waals surface area contributed by atoms with E-state index < -0.39 is 17.2 Å². The van der Waals surface area contributed by atoms with Crippen molar-refractivity contribution in [3.63, 3.8) is 0 Å². The zero-order valence-corrected chi connectivity index (χ0v) is 10.3. The number of aliphatic hydroxyl groups is 1. The van der Waals surface area contributed by atoms with Gasteiger partial charge in [-0.15, -0.1) is 0 Å². The van der Waals surface area contributed by atoms with E-state index in [1.165, 1.54) is 6.07 Å². The number of nitrogens with zero attached hydrogens (tertiary/aromatic N) is 1. The van der Waals surface area contributed by atoms with Crippen LogP contribution in [-0.4, -0.2) is 43.4 Å². The highest BCUT2D eigenvalue weighted by Gasteiger charge is 2.37. The topological polar surface area (TPSA) is 32.7 Å². The molecular weight excluding hydrogens is 240 g/mol. The van der Waals surface area contributed by atoms with Gasteiger partial charge in [0.25, 0.3) is 0 Å². The Morgan fingerprint density at radius 3 is 2.83 bits per heavy atom. The maximum atomic E-state index is 13.2. The first-order valence-electron chi connectivity index (χ1n) is 5.94. The molecule has 1 aliphatic rings. The van der Waals surface area contributed by atoms with E-state index >= 15 is 0 Å². The fourth-order valence-electron chi connectivity index (χ4n) is 2.30. The predicted molar refractivity (Wildman–Crippen MR) is 63.2 cm³/mol. The molecule has 0 spiro atoms. The van der Waals surface area contributed by atoms with Crippen molar-refractivity contribution in [3.8, 4) is 0 Å². The number of benzene rings is 1. The summed E-state index contributed by atoms with van der Waals surface area (Å²) < 4.78 is 31.0. The Morgan fingerprint density at radius 2 is 2.17 bits per heavy atom. The van der Waals surface area contributed by atoms with Crippen molar-refractivity contribution in [2.45, 2.75) is 12.0 Å². The highest BCUT2D eigenvalue weighted by molar-refractivity contribution is 5.25. The summed E-state index contributed by atoms with van der Waals surface area (Å²) in [5.41, 5.74) is -0.663. The molecule has 5 heteroatoms. The average Bonchev–Trinajstić information content (AvgIpc) is 2.73. The maximum Gasteiger partial charge on any atom is 0.159 e. The molecule has 1 saturated heterocycles. The number of likely N-dealkylation sites (tertiary alicyclic amines) is 1. The van der Waals surface area contributed by atoms with E-state index in [9.17, 15) is 13.9 Å². The van der Waals surface area contributed by atoms with Crippen molar-refractivity contribution in [1.29, 1.82) is 0 Å². The molecule has 0 bridgehead atoms.